The minimum absolute atomic E-state index is 0.555. The minimum atomic E-state index is 0.555. The van der Waals surface area contributed by atoms with Crippen molar-refractivity contribution in [1.82, 2.24) is 9.97 Å². The summed E-state index contributed by atoms with van der Waals surface area (Å²) in [5, 5.41) is 3.63. The molecule has 0 saturated heterocycles. The Kier molecular flexibility index (Phi) is 6.05. The molecule has 1 aromatic heterocycles. The minimum Gasteiger partial charge on any atom is -0.367 e. The molecule has 0 atom stereocenters. The highest BCUT2D eigenvalue weighted by molar-refractivity contribution is 5.42. The summed E-state index contributed by atoms with van der Waals surface area (Å²) in [6.45, 7) is 3.88. The highest BCUT2D eigenvalue weighted by Crippen LogP contribution is 2.21. The number of hydrogen-bond acceptors (Lipinski definition) is 4. The van der Waals surface area contributed by atoms with Crippen molar-refractivity contribution in [2.24, 2.45) is 0 Å². The maximum absolute atomic E-state index is 4.77. The van der Waals surface area contributed by atoms with Crippen LogP contribution in [0, 0.1) is 0 Å². The van der Waals surface area contributed by atoms with Crippen LogP contribution in [0.4, 0.5) is 11.8 Å². The zero-order chi connectivity index (χ0) is 16.6. The molecule has 1 aliphatic carbocycles. The van der Waals surface area contributed by atoms with Crippen LogP contribution in [0.15, 0.2) is 42.6 Å². The predicted octanol–water partition coefficient (Wildman–Crippen LogP) is 4.64. The van der Waals surface area contributed by atoms with Gasteiger partial charge in [0.05, 0.1) is 0 Å². The van der Waals surface area contributed by atoms with Gasteiger partial charge in [-0.25, -0.2) is 4.98 Å². The van der Waals surface area contributed by atoms with Crippen LogP contribution in [0.2, 0.25) is 0 Å². The normalized spacial score (nSPS) is 15.7. The van der Waals surface area contributed by atoms with Crippen LogP contribution in [0.1, 0.15) is 51.0 Å². The van der Waals surface area contributed by atoms with Crippen LogP contribution in [-0.4, -0.2) is 22.6 Å². The first kappa shape index (κ1) is 16.7. The molecule has 0 aliphatic heterocycles. The third-order valence-electron chi connectivity index (χ3n) is 4.73. The molecule has 2 aromatic rings. The van der Waals surface area contributed by atoms with E-state index in [1.807, 2.05) is 18.3 Å². The molecular weight excluding hydrogens is 296 g/mol. The van der Waals surface area contributed by atoms with Gasteiger partial charge in [-0.1, -0.05) is 56.0 Å². The van der Waals surface area contributed by atoms with E-state index in [1.165, 1.54) is 44.1 Å². The van der Waals surface area contributed by atoms with E-state index in [4.69, 9.17) is 4.98 Å². The lowest BCUT2D eigenvalue weighted by atomic mass is 10.1. The molecule has 3 rings (SSSR count). The summed E-state index contributed by atoms with van der Waals surface area (Å²) in [5.74, 6) is 1.76. The summed E-state index contributed by atoms with van der Waals surface area (Å²) in [6.07, 6.45) is 9.76. The molecule has 1 aliphatic rings. The van der Waals surface area contributed by atoms with Gasteiger partial charge < -0.3 is 10.2 Å². The van der Waals surface area contributed by atoms with Crippen molar-refractivity contribution in [3.63, 3.8) is 0 Å². The number of rotatable bonds is 6. The van der Waals surface area contributed by atoms with E-state index in [0.29, 0.717) is 6.04 Å². The van der Waals surface area contributed by atoms with E-state index in [-0.39, 0.29) is 0 Å². The van der Waals surface area contributed by atoms with E-state index >= 15 is 0 Å². The maximum Gasteiger partial charge on any atom is 0.227 e. The molecule has 0 spiro atoms. The van der Waals surface area contributed by atoms with Gasteiger partial charge in [0, 0.05) is 25.3 Å². The molecule has 0 unspecified atom stereocenters. The van der Waals surface area contributed by atoms with E-state index < -0.39 is 0 Å². The number of benzene rings is 1. The van der Waals surface area contributed by atoms with Gasteiger partial charge in [0.2, 0.25) is 5.95 Å². The van der Waals surface area contributed by atoms with Crippen LogP contribution in [0.5, 0.6) is 0 Å². The number of hydrogen-bond donors (Lipinski definition) is 1. The molecule has 1 saturated carbocycles. The van der Waals surface area contributed by atoms with Crippen molar-refractivity contribution in [3.8, 4) is 0 Å². The van der Waals surface area contributed by atoms with Crippen molar-refractivity contribution >= 4 is 11.8 Å². The van der Waals surface area contributed by atoms with E-state index in [9.17, 15) is 0 Å². The molecule has 1 N–H and O–H groups in total. The summed E-state index contributed by atoms with van der Waals surface area (Å²) in [7, 11) is 0. The standard InChI is InChI=1S/C20H28N4/c1-2-24(16-17-10-6-5-7-11-17)20-21-15-14-19(23-20)22-18-12-8-3-4-9-13-18/h5-7,10-11,14-15,18H,2-4,8-9,12-13,16H2,1H3,(H,21,22,23). The molecule has 4 heteroatoms. The smallest absolute Gasteiger partial charge is 0.227 e. The first-order valence-corrected chi connectivity index (χ1v) is 9.23. The summed E-state index contributed by atoms with van der Waals surface area (Å²) in [5.41, 5.74) is 1.28. The lowest BCUT2D eigenvalue weighted by Gasteiger charge is -2.22. The zero-order valence-electron chi connectivity index (χ0n) is 14.6. The molecule has 0 bridgehead atoms. The Bertz CT molecular complexity index is 606. The molecule has 0 radical (unpaired) electrons. The van der Waals surface area contributed by atoms with Crippen molar-refractivity contribution in [2.75, 3.05) is 16.8 Å². The Morgan fingerprint density at radius 1 is 1.04 bits per heavy atom. The van der Waals surface area contributed by atoms with Gasteiger partial charge in [0.25, 0.3) is 0 Å². The van der Waals surface area contributed by atoms with Crippen molar-refractivity contribution in [3.05, 3.63) is 48.2 Å². The van der Waals surface area contributed by atoms with E-state index in [1.54, 1.807) is 0 Å². The highest BCUT2D eigenvalue weighted by atomic mass is 15.3. The first-order valence-electron chi connectivity index (χ1n) is 9.23. The Morgan fingerprint density at radius 3 is 2.50 bits per heavy atom. The fourth-order valence-corrected chi connectivity index (χ4v) is 3.34. The monoisotopic (exact) mass is 324 g/mol. The molecule has 0 amide bonds. The summed E-state index contributed by atoms with van der Waals surface area (Å²) < 4.78 is 0. The molecule has 128 valence electrons. The topological polar surface area (TPSA) is 41.1 Å². The lowest BCUT2D eigenvalue weighted by molar-refractivity contribution is 0.617. The molecule has 24 heavy (non-hydrogen) atoms. The Balaban J connectivity index is 1.68. The number of aromatic nitrogens is 2. The largest absolute Gasteiger partial charge is 0.367 e. The zero-order valence-corrected chi connectivity index (χ0v) is 14.6. The van der Waals surface area contributed by atoms with Gasteiger partial charge in [0.1, 0.15) is 5.82 Å². The summed E-state index contributed by atoms with van der Waals surface area (Å²) >= 11 is 0. The van der Waals surface area contributed by atoms with Gasteiger partial charge in [-0.15, -0.1) is 0 Å². The maximum atomic E-state index is 4.77. The van der Waals surface area contributed by atoms with Gasteiger partial charge in [0.15, 0.2) is 0 Å². The van der Waals surface area contributed by atoms with Crippen LogP contribution >= 0.6 is 0 Å². The summed E-state index contributed by atoms with van der Waals surface area (Å²) in [4.78, 5) is 11.5. The van der Waals surface area contributed by atoms with Crippen LogP contribution in [0.25, 0.3) is 0 Å². The number of anilines is 2. The second-order valence-corrected chi connectivity index (χ2v) is 6.57. The van der Waals surface area contributed by atoms with E-state index in [0.717, 1.165) is 24.9 Å². The van der Waals surface area contributed by atoms with Gasteiger partial charge in [-0.3, -0.25) is 0 Å². The molecular formula is C20H28N4. The molecule has 1 fully saturated rings. The molecule has 4 nitrogen and oxygen atoms in total. The van der Waals surface area contributed by atoms with Gasteiger partial charge in [-0.05, 0) is 31.4 Å². The Labute approximate surface area is 145 Å². The van der Waals surface area contributed by atoms with Gasteiger partial charge >= 0.3 is 0 Å². The number of nitrogens with one attached hydrogen (secondary N) is 1. The van der Waals surface area contributed by atoms with Crippen LogP contribution in [-0.2, 0) is 6.54 Å². The van der Waals surface area contributed by atoms with Crippen molar-refractivity contribution in [1.29, 1.82) is 0 Å². The second kappa shape index (κ2) is 8.67. The summed E-state index contributed by atoms with van der Waals surface area (Å²) in [6, 6.07) is 13.0. The molecule has 1 aromatic carbocycles. The second-order valence-electron chi connectivity index (χ2n) is 6.57. The quantitative estimate of drug-likeness (QED) is 0.786. The van der Waals surface area contributed by atoms with Gasteiger partial charge in [-0.2, -0.15) is 4.98 Å². The average Bonchev–Trinajstić information content (AvgIpc) is 2.89. The third kappa shape index (κ3) is 4.70. The van der Waals surface area contributed by atoms with Crippen molar-refractivity contribution < 1.29 is 0 Å². The SMILES string of the molecule is CCN(Cc1ccccc1)c1nccc(NC2CCCCCC2)n1. The lowest BCUT2D eigenvalue weighted by Crippen LogP contribution is -2.25. The fourth-order valence-electron chi connectivity index (χ4n) is 3.34. The van der Waals surface area contributed by atoms with Crippen LogP contribution in [0.3, 0.4) is 0 Å². The first-order chi connectivity index (χ1) is 11.8. The number of nitrogens with zero attached hydrogens (tertiary/aromatic N) is 3. The molecule has 1 heterocycles. The van der Waals surface area contributed by atoms with Crippen LogP contribution < -0.4 is 10.2 Å². The van der Waals surface area contributed by atoms with E-state index in [2.05, 4.69) is 46.4 Å². The Hall–Kier alpha value is -2.10. The highest BCUT2D eigenvalue weighted by Gasteiger charge is 2.14. The average molecular weight is 324 g/mol. The Morgan fingerprint density at radius 2 is 1.79 bits per heavy atom. The predicted molar refractivity (Wildman–Crippen MR) is 100 cm³/mol. The fraction of sp³-hybridized carbons (Fsp3) is 0.500. The van der Waals surface area contributed by atoms with Crippen molar-refractivity contribution in [2.45, 2.75) is 58.0 Å². The third-order valence-corrected chi connectivity index (χ3v) is 4.73.